The molecule has 104 valence electrons. The first kappa shape index (κ1) is 14.8. The molecule has 0 atom stereocenters. The van der Waals surface area contributed by atoms with Crippen molar-refractivity contribution in [1.82, 2.24) is 0 Å². The molecule has 2 aromatic carbocycles. The first-order valence-corrected chi connectivity index (χ1v) is 6.93. The van der Waals surface area contributed by atoms with Crippen LogP contribution in [0.1, 0.15) is 15.9 Å². The number of carbonyl (C=O) groups is 1. The number of amides is 1. The molecule has 1 N–H and O–H groups in total. The summed E-state index contributed by atoms with van der Waals surface area (Å²) in [5, 5.41) is 2.50. The van der Waals surface area contributed by atoms with Crippen molar-refractivity contribution in [2.75, 3.05) is 11.2 Å². The molecule has 0 aliphatic heterocycles. The van der Waals surface area contributed by atoms with Crippen LogP contribution in [0.15, 0.2) is 42.5 Å². The van der Waals surface area contributed by atoms with Crippen molar-refractivity contribution in [3.05, 3.63) is 64.4 Å². The lowest BCUT2D eigenvalue weighted by Crippen LogP contribution is -2.12. The minimum absolute atomic E-state index is 0.108. The van der Waals surface area contributed by atoms with E-state index in [0.717, 1.165) is 12.0 Å². The van der Waals surface area contributed by atoms with E-state index in [0.29, 0.717) is 11.6 Å². The van der Waals surface area contributed by atoms with Crippen LogP contribution < -0.4 is 5.32 Å². The van der Waals surface area contributed by atoms with Crippen LogP contribution in [0.4, 0.5) is 10.1 Å². The predicted molar refractivity (Wildman–Crippen MR) is 80.2 cm³/mol. The van der Waals surface area contributed by atoms with Crippen molar-refractivity contribution in [1.29, 1.82) is 0 Å². The van der Waals surface area contributed by atoms with Crippen LogP contribution in [0.5, 0.6) is 0 Å². The molecule has 0 saturated heterocycles. The Labute approximate surface area is 126 Å². The van der Waals surface area contributed by atoms with Gasteiger partial charge >= 0.3 is 0 Å². The highest BCUT2D eigenvalue weighted by atomic mass is 35.5. The van der Waals surface area contributed by atoms with Gasteiger partial charge in [0.1, 0.15) is 5.82 Å². The maximum Gasteiger partial charge on any atom is 0.257 e. The molecule has 0 saturated carbocycles. The third-order valence-electron chi connectivity index (χ3n) is 2.79. The van der Waals surface area contributed by atoms with E-state index in [4.69, 9.17) is 23.2 Å². The van der Waals surface area contributed by atoms with Crippen LogP contribution in [0, 0.1) is 5.82 Å². The monoisotopic (exact) mass is 311 g/mol. The second-order valence-corrected chi connectivity index (χ2v) is 4.95. The van der Waals surface area contributed by atoms with Gasteiger partial charge in [-0.3, -0.25) is 4.79 Å². The van der Waals surface area contributed by atoms with Gasteiger partial charge in [-0.2, -0.15) is 0 Å². The number of carbonyl (C=O) groups excluding carboxylic acids is 1. The molecular formula is C15H12Cl2FNO. The first-order chi connectivity index (χ1) is 9.61. The maximum atomic E-state index is 13.3. The van der Waals surface area contributed by atoms with Gasteiger partial charge in [-0.25, -0.2) is 4.39 Å². The summed E-state index contributed by atoms with van der Waals surface area (Å²) in [5.74, 6) is -0.513. The van der Waals surface area contributed by atoms with Crippen molar-refractivity contribution < 1.29 is 9.18 Å². The SMILES string of the molecule is O=C(Nc1ccc(CCCl)cc1)c1cccc(F)c1Cl. The Bertz CT molecular complexity index is 614. The molecule has 0 fully saturated rings. The van der Waals surface area contributed by atoms with Gasteiger partial charge < -0.3 is 5.32 Å². The molecule has 2 rings (SSSR count). The molecule has 0 heterocycles. The smallest absolute Gasteiger partial charge is 0.257 e. The fourth-order valence-electron chi connectivity index (χ4n) is 1.74. The van der Waals surface area contributed by atoms with Gasteiger partial charge in [0.25, 0.3) is 5.91 Å². The van der Waals surface area contributed by atoms with Crippen LogP contribution in [-0.4, -0.2) is 11.8 Å². The summed E-state index contributed by atoms with van der Waals surface area (Å²) in [7, 11) is 0. The van der Waals surface area contributed by atoms with E-state index in [1.165, 1.54) is 18.2 Å². The van der Waals surface area contributed by atoms with E-state index in [2.05, 4.69) is 5.32 Å². The van der Waals surface area contributed by atoms with E-state index < -0.39 is 11.7 Å². The Morgan fingerprint density at radius 2 is 1.85 bits per heavy atom. The van der Waals surface area contributed by atoms with Gasteiger partial charge in [0, 0.05) is 11.6 Å². The maximum absolute atomic E-state index is 13.3. The molecule has 20 heavy (non-hydrogen) atoms. The zero-order valence-corrected chi connectivity index (χ0v) is 12.0. The Balaban J connectivity index is 2.13. The van der Waals surface area contributed by atoms with Crippen molar-refractivity contribution >= 4 is 34.8 Å². The highest BCUT2D eigenvalue weighted by Crippen LogP contribution is 2.21. The summed E-state index contributed by atoms with van der Waals surface area (Å²) in [6.45, 7) is 0. The lowest BCUT2D eigenvalue weighted by atomic mass is 10.1. The Kier molecular flexibility index (Phi) is 4.99. The molecule has 0 aromatic heterocycles. The van der Waals surface area contributed by atoms with E-state index in [9.17, 15) is 9.18 Å². The van der Waals surface area contributed by atoms with Gasteiger partial charge in [-0.15, -0.1) is 11.6 Å². The zero-order chi connectivity index (χ0) is 14.5. The van der Waals surface area contributed by atoms with Gasteiger partial charge in [-0.05, 0) is 36.2 Å². The van der Waals surface area contributed by atoms with Gasteiger partial charge in [-0.1, -0.05) is 29.8 Å². The van der Waals surface area contributed by atoms with Crippen LogP contribution >= 0.6 is 23.2 Å². The number of hydrogen-bond acceptors (Lipinski definition) is 1. The molecular weight excluding hydrogens is 300 g/mol. The third kappa shape index (κ3) is 3.50. The number of alkyl halides is 1. The van der Waals surface area contributed by atoms with E-state index >= 15 is 0 Å². The number of anilines is 1. The molecule has 1 amide bonds. The summed E-state index contributed by atoms with van der Waals surface area (Å²) < 4.78 is 13.3. The number of aryl methyl sites for hydroxylation is 1. The van der Waals surface area contributed by atoms with E-state index in [1.54, 1.807) is 12.1 Å². The summed E-state index contributed by atoms with van der Waals surface area (Å²) in [6.07, 6.45) is 0.769. The second kappa shape index (κ2) is 6.73. The van der Waals surface area contributed by atoms with Crippen LogP contribution in [0.25, 0.3) is 0 Å². The molecule has 0 unspecified atom stereocenters. The number of hydrogen-bond donors (Lipinski definition) is 1. The third-order valence-corrected chi connectivity index (χ3v) is 3.36. The molecule has 0 bridgehead atoms. The molecule has 0 aliphatic carbocycles. The average molecular weight is 312 g/mol. The highest BCUT2D eigenvalue weighted by Gasteiger charge is 2.13. The van der Waals surface area contributed by atoms with E-state index in [-0.39, 0.29) is 10.6 Å². The van der Waals surface area contributed by atoms with Crippen molar-refractivity contribution in [3.63, 3.8) is 0 Å². The Morgan fingerprint density at radius 3 is 2.50 bits per heavy atom. The quantitative estimate of drug-likeness (QED) is 0.827. The summed E-state index contributed by atoms with van der Waals surface area (Å²) >= 11 is 11.4. The van der Waals surface area contributed by atoms with E-state index in [1.807, 2.05) is 12.1 Å². The fourth-order valence-corrected chi connectivity index (χ4v) is 2.17. The van der Waals surface area contributed by atoms with Crippen molar-refractivity contribution in [3.8, 4) is 0 Å². The second-order valence-electron chi connectivity index (χ2n) is 4.19. The lowest BCUT2D eigenvalue weighted by Gasteiger charge is -2.08. The molecule has 0 spiro atoms. The Hall–Kier alpha value is -1.58. The molecule has 0 aliphatic rings. The standard InChI is InChI=1S/C15H12Cl2FNO/c16-9-8-10-4-6-11(7-5-10)19-15(20)12-2-1-3-13(18)14(12)17/h1-7H,8-9H2,(H,19,20). The zero-order valence-electron chi connectivity index (χ0n) is 10.5. The molecule has 0 radical (unpaired) electrons. The van der Waals surface area contributed by atoms with Gasteiger partial charge in [0.05, 0.1) is 10.6 Å². The molecule has 5 heteroatoms. The Morgan fingerprint density at radius 1 is 1.15 bits per heavy atom. The summed E-state index contributed by atoms with van der Waals surface area (Å²) in [5.41, 5.74) is 1.81. The first-order valence-electron chi connectivity index (χ1n) is 6.02. The minimum Gasteiger partial charge on any atom is -0.322 e. The van der Waals surface area contributed by atoms with Crippen LogP contribution in [0.2, 0.25) is 5.02 Å². The number of halogens is 3. The highest BCUT2D eigenvalue weighted by molar-refractivity contribution is 6.34. The fraction of sp³-hybridized carbons (Fsp3) is 0.133. The normalized spacial score (nSPS) is 10.3. The van der Waals surface area contributed by atoms with Gasteiger partial charge in [0.2, 0.25) is 0 Å². The molecule has 2 nitrogen and oxygen atoms in total. The minimum atomic E-state index is -0.614. The van der Waals surface area contributed by atoms with Crippen molar-refractivity contribution in [2.45, 2.75) is 6.42 Å². The lowest BCUT2D eigenvalue weighted by molar-refractivity contribution is 0.102. The van der Waals surface area contributed by atoms with Crippen molar-refractivity contribution in [2.24, 2.45) is 0 Å². The predicted octanol–water partition coefficient (Wildman–Crippen LogP) is 4.51. The molecule has 2 aromatic rings. The summed E-state index contributed by atoms with van der Waals surface area (Å²) in [4.78, 5) is 12.0. The van der Waals surface area contributed by atoms with Crippen LogP contribution in [0.3, 0.4) is 0 Å². The van der Waals surface area contributed by atoms with Gasteiger partial charge in [0.15, 0.2) is 0 Å². The summed E-state index contributed by atoms with van der Waals surface area (Å²) in [6, 6.07) is 11.4. The number of benzene rings is 2. The number of rotatable bonds is 4. The largest absolute Gasteiger partial charge is 0.322 e. The number of nitrogens with one attached hydrogen (secondary N) is 1. The average Bonchev–Trinajstić information content (AvgIpc) is 2.44. The topological polar surface area (TPSA) is 29.1 Å². The van der Waals surface area contributed by atoms with Crippen LogP contribution in [-0.2, 0) is 6.42 Å².